The Balaban J connectivity index is 2.24. The normalized spacial score (nSPS) is 26.5. The molecule has 4 heteroatoms. The van der Waals surface area contributed by atoms with Crippen LogP contribution < -0.4 is 5.73 Å². The molecule has 0 aliphatic heterocycles. The average Bonchev–Trinajstić information content (AvgIpc) is 2.36. The standard InChI is InChI=1S/C13H25NO3/c1-3-16-9-10(2)17-13(15)12-6-4-11(8-14)5-7-12/h10-12H,3-9,14H2,1-2H3. The summed E-state index contributed by atoms with van der Waals surface area (Å²) in [7, 11) is 0. The van der Waals surface area contributed by atoms with E-state index in [-0.39, 0.29) is 18.0 Å². The van der Waals surface area contributed by atoms with Crippen molar-refractivity contribution < 1.29 is 14.3 Å². The molecule has 4 nitrogen and oxygen atoms in total. The minimum atomic E-state index is -0.144. The molecule has 1 rings (SSSR count). The van der Waals surface area contributed by atoms with Crippen molar-refractivity contribution in [2.45, 2.75) is 45.6 Å². The van der Waals surface area contributed by atoms with Crippen LogP contribution in [0.2, 0.25) is 0 Å². The number of carbonyl (C=O) groups is 1. The number of rotatable bonds is 6. The molecule has 0 heterocycles. The summed E-state index contributed by atoms with van der Waals surface area (Å²) in [6.45, 7) is 5.69. The van der Waals surface area contributed by atoms with Crippen LogP contribution in [0.25, 0.3) is 0 Å². The van der Waals surface area contributed by atoms with E-state index in [0.717, 1.165) is 32.2 Å². The van der Waals surface area contributed by atoms with Gasteiger partial charge >= 0.3 is 5.97 Å². The number of carbonyl (C=O) groups excluding carboxylic acids is 1. The summed E-state index contributed by atoms with van der Waals surface area (Å²) in [5, 5.41) is 0. The molecule has 0 radical (unpaired) electrons. The van der Waals surface area contributed by atoms with E-state index in [1.165, 1.54) is 0 Å². The van der Waals surface area contributed by atoms with Gasteiger partial charge in [0.1, 0.15) is 6.10 Å². The third-order valence-corrected chi connectivity index (χ3v) is 3.39. The Labute approximate surface area is 104 Å². The van der Waals surface area contributed by atoms with Gasteiger partial charge in [-0.05, 0) is 52.0 Å². The molecular weight excluding hydrogens is 218 g/mol. The molecule has 0 amide bonds. The first-order chi connectivity index (χ1) is 8.17. The second-order valence-corrected chi connectivity index (χ2v) is 4.86. The Morgan fingerprint density at radius 1 is 1.35 bits per heavy atom. The van der Waals surface area contributed by atoms with Crippen LogP contribution >= 0.6 is 0 Å². The molecule has 1 saturated carbocycles. The highest BCUT2D eigenvalue weighted by atomic mass is 16.6. The maximum Gasteiger partial charge on any atom is 0.309 e. The highest BCUT2D eigenvalue weighted by molar-refractivity contribution is 5.72. The van der Waals surface area contributed by atoms with Gasteiger partial charge in [0.15, 0.2) is 0 Å². The van der Waals surface area contributed by atoms with Crippen molar-refractivity contribution in [2.75, 3.05) is 19.8 Å². The van der Waals surface area contributed by atoms with Crippen molar-refractivity contribution in [3.63, 3.8) is 0 Å². The van der Waals surface area contributed by atoms with E-state index in [1.807, 2.05) is 13.8 Å². The first kappa shape index (κ1) is 14.5. The summed E-state index contributed by atoms with van der Waals surface area (Å²) in [6, 6.07) is 0. The molecule has 0 aromatic carbocycles. The van der Waals surface area contributed by atoms with Gasteiger partial charge in [-0.25, -0.2) is 0 Å². The number of hydrogen-bond acceptors (Lipinski definition) is 4. The lowest BCUT2D eigenvalue weighted by Crippen LogP contribution is -2.30. The van der Waals surface area contributed by atoms with Gasteiger partial charge < -0.3 is 15.2 Å². The second kappa shape index (κ2) is 7.67. The lowest BCUT2D eigenvalue weighted by Gasteiger charge is -2.27. The minimum absolute atomic E-state index is 0.0623. The molecule has 0 aromatic rings. The lowest BCUT2D eigenvalue weighted by atomic mass is 9.82. The topological polar surface area (TPSA) is 61.5 Å². The van der Waals surface area contributed by atoms with Crippen LogP contribution in [0.4, 0.5) is 0 Å². The molecule has 0 bridgehead atoms. The van der Waals surface area contributed by atoms with Crippen molar-refractivity contribution in [1.29, 1.82) is 0 Å². The molecular formula is C13H25NO3. The Morgan fingerprint density at radius 3 is 2.53 bits per heavy atom. The summed E-state index contributed by atoms with van der Waals surface area (Å²) in [4.78, 5) is 11.9. The number of ether oxygens (including phenoxy) is 2. The Morgan fingerprint density at radius 2 is 2.00 bits per heavy atom. The molecule has 17 heavy (non-hydrogen) atoms. The van der Waals surface area contributed by atoms with Gasteiger partial charge in [-0.15, -0.1) is 0 Å². The molecule has 1 aliphatic carbocycles. The smallest absolute Gasteiger partial charge is 0.309 e. The Bertz CT molecular complexity index is 225. The van der Waals surface area contributed by atoms with E-state index in [4.69, 9.17) is 15.2 Å². The van der Waals surface area contributed by atoms with E-state index in [0.29, 0.717) is 19.1 Å². The zero-order valence-electron chi connectivity index (χ0n) is 11.0. The van der Waals surface area contributed by atoms with Crippen molar-refractivity contribution in [3.8, 4) is 0 Å². The van der Waals surface area contributed by atoms with E-state index in [1.54, 1.807) is 0 Å². The van der Waals surface area contributed by atoms with Gasteiger partial charge in [-0.1, -0.05) is 0 Å². The van der Waals surface area contributed by atoms with Crippen LogP contribution in [0.3, 0.4) is 0 Å². The Hall–Kier alpha value is -0.610. The summed E-state index contributed by atoms with van der Waals surface area (Å²) < 4.78 is 10.6. The van der Waals surface area contributed by atoms with Gasteiger partial charge in [0.2, 0.25) is 0 Å². The SMILES string of the molecule is CCOCC(C)OC(=O)C1CCC(CN)CC1. The van der Waals surface area contributed by atoms with Gasteiger partial charge in [0.25, 0.3) is 0 Å². The lowest BCUT2D eigenvalue weighted by molar-refractivity contribution is -0.157. The summed E-state index contributed by atoms with van der Waals surface area (Å²) in [6.07, 6.45) is 3.80. The maximum absolute atomic E-state index is 11.9. The maximum atomic E-state index is 11.9. The molecule has 1 atom stereocenters. The predicted octanol–water partition coefficient (Wildman–Crippen LogP) is 1.72. The van der Waals surface area contributed by atoms with E-state index < -0.39 is 0 Å². The van der Waals surface area contributed by atoms with Crippen molar-refractivity contribution >= 4 is 5.97 Å². The molecule has 100 valence electrons. The highest BCUT2D eigenvalue weighted by Crippen LogP contribution is 2.29. The van der Waals surface area contributed by atoms with Crippen LogP contribution in [0, 0.1) is 11.8 Å². The van der Waals surface area contributed by atoms with Crippen molar-refractivity contribution in [1.82, 2.24) is 0 Å². The second-order valence-electron chi connectivity index (χ2n) is 4.86. The summed E-state index contributed by atoms with van der Waals surface area (Å²) >= 11 is 0. The zero-order valence-corrected chi connectivity index (χ0v) is 11.0. The van der Waals surface area contributed by atoms with E-state index in [9.17, 15) is 4.79 Å². The zero-order chi connectivity index (χ0) is 12.7. The summed E-state index contributed by atoms with van der Waals surface area (Å²) in [5.74, 6) is 0.606. The molecule has 1 fully saturated rings. The van der Waals surface area contributed by atoms with Gasteiger partial charge in [0, 0.05) is 6.61 Å². The average molecular weight is 243 g/mol. The number of esters is 1. The van der Waals surface area contributed by atoms with Crippen LogP contribution in [-0.4, -0.2) is 31.8 Å². The van der Waals surface area contributed by atoms with E-state index in [2.05, 4.69) is 0 Å². The quantitative estimate of drug-likeness (QED) is 0.722. The highest BCUT2D eigenvalue weighted by Gasteiger charge is 2.27. The first-order valence-electron chi connectivity index (χ1n) is 6.65. The van der Waals surface area contributed by atoms with Gasteiger partial charge in [0.05, 0.1) is 12.5 Å². The van der Waals surface area contributed by atoms with Crippen molar-refractivity contribution in [2.24, 2.45) is 17.6 Å². The first-order valence-corrected chi connectivity index (χ1v) is 6.65. The Kier molecular flexibility index (Phi) is 6.52. The van der Waals surface area contributed by atoms with E-state index >= 15 is 0 Å². The van der Waals surface area contributed by atoms with Gasteiger partial charge in [-0.2, -0.15) is 0 Å². The fourth-order valence-corrected chi connectivity index (χ4v) is 2.25. The predicted molar refractivity (Wildman–Crippen MR) is 66.5 cm³/mol. The third-order valence-electron chi connectivity index (χ3n) is 3.39. The van der Waals surface area contributed by atoms with Crippen LogP contribution in [0.5, 0.6) is 0 Å². The molecule has 1 unspecified atom stereocenters. The number of nitrogens with two attached hydrogens (primary N) is 1. The fourth-order valence-electron chi connectivity index (χ4n) is 2.25. The molecule has 0 spiro atoms. The van der Waals surface area contributed by atoms with Crippen LogP contribution in [0.1, 0.15) is 39.5 Å². The largest absolute Gasteiger partial charge is 0.460 e. The summed E-state index contributed by atoms with van der Waals surface area (Å²) in [5.41, 5.74) is 5.63. The monoisotopic (exact) mass is 243 g/mol. The van der Waals surface area contributed by atoms with Crippen molar-refractivity contribution in [3.05, 3.63) is 0 Å². The number of hydrogen-bond donors (Lipinski definition) is 1. The fraction of sp³-hybridized carbons (Fsp3) is 0.923. The van der Waals surface area contributed by atoms with Gasteiger partial charge in [-0.3, -0.25) is 4.79 Å². The minimum Gasteiger partial charge on any atom is -0.460 e. The molecule has 0 aromatic heterocycles. The molecule has 1 aliphatic rings. The van der Waals surface area contributed by atoms with Crippen LogP contribution in [0.15, 0.2) is 0 Å². The molecule has 0 saturated heterocycles. The third kappa shape index (κ3) is 5.04. The molecule has 2 N–H and O–H groups in total. The van der Waals surface area contributed by atoms with Crippen LogP contribution in [-0.2, 0) is 14.3 Å².